The number of carbonyl (C=O) groups is 1. The van der Waals surface area contributed by atoms with Gasteiger partial charge in [-0.05, 0) is 18.2 Å². The molecule has 1 unspecified atom stereocenters. The minimum absolute atomic E-state index is 0.0996. The SMILES string of the molecule is COCC(Br)CNC(=O)c1cc(C(F)(F)F)ccc1F. The fourth-order valence-electron chi connectivity index (χ4n) is 1.41. The van der Waals surface area contributed by atoms with Crippen molar-refractivity contribution in [1.82, 2.24) is 5.32 Å². The van der Waals surface area contributed by atoms with E-state index in [-0.39, 0.29) is 11.4 Å². The third-order valence-electron chi connectivity index (χ3n) is 2.37. The van der Waals surface area contributed by atoms with Gasteiger partial charge in [0.25, 0.3) is 5.91 Å². The molecule has 0 aliphatic carbocycles. The molecule has 1 rings (SSSR count). The van der Waals surface area contributed by atoms with E-state index in [1.54, 1.807) is 0 Å². The van der Waals surface area contributed by atoms with Crippen LogP contribution in [0.5, 0.6) is 0 Å². The number of hydrogen-bond acceptors (Lipinski definition) is 2. The molecule has 0 saturated heterocycles. The number of hydrogen-bond donors (Lipinski definition) is 1. The molecule has 1 N–H and O–H groups in total. The van der Waals surface area contributed by atoms with E-state index in [0.717, 1.165) is 0 Å². The van der Waals surface area contributed by atoms with Crippen molar-refractivity contribution in [2.45, 2.75) is 11.0 Å². The van der Waals surface area contributed by atoms with Gasteiger partial charge in [-0.15, -0.1) is 0 Å². The lowest BCUT2D eigenvalue weighted by Crippen LogP contribution is -2.32. The van der Waals surface area contributed by atoms with E-state index in [2.05, 4.69) is 21.2 Å². The van der Waals surface area contributed by atoms with E-state index in [4.69, 9.17) is 4.74 Å². The van der Waals surface area contributed by atoms with Crippen LogP contribution < -0.4 is 5.32 Å². The van der Waals surface area contributed by atoms with Gasteiger partial charge in [-0.25, -0.2) is 4.39 Å². The Labute approximate surface area is 121 Å². The minimum atomic E-state index is -4.63. The molecule has 1 aromatic rings. The van der Waals surface area contributed by atoms with Gasteiger partial charge in [0, 0.05) is 13.7 Å². The van der Waals surface area contributed by atoms with Crippen LogP contribution in [-0.4, -0.2) is 31.0 Å². The Balaban J connectivity index is 2.82. The highest BCUT2D eigenvalue weighted by atomic mass is 79.9. The van der Waals surface area contributed by atoms with Gasteiger partial charge >= 0.3 is 6.18 Å². The highest BCUT2D eigenvalue weighted by Crippen LogP contribution is 2.30. The van der Waals surface area contributed by atoms with Crippen LogP contribution in [-0.2, 0) is 10.9 Å². The van der Waals surface area contributed by atoms with Crippen LogP contribution in [0.4, 0.5) is 17.6 Å². The Hall–Kier alpha value is -1.15. The van der Waals surface area contributed by atoms with Gasteiger partial charge in [0.15, 0.2) is 0 Å². The molecule has 1 amide bonds. The summed E-state index contributed by atoms with van der Waals surface area (Å²) < 4.78 is 55.7. The summed E-state index contributed by atoms with van der Waals surface area (Å²) in [6.07, 6.45) is -4.63. The Bertz CT molecular complexity index is 479. The van der Waals surface area contributed by atoms with Gasteiger partial charge in [0.05, 0.1) is 22.6 Å². The van der Waals surface area contributed by atoms with E-state index in [1.807, 2.05) is 0 Å². The predicted molar refractivity (Wildman–Crippen MR) is 68.3 cm³/mol. The Kier molecular flexibility index (Phi) is 5.94. The van der Waals surface area contributed by atoms with E-state index >= 15 is 0 Å². The van der Waals surface area contributed by atoms with E-state index in [1.165, 1.54) is 7.11 Å². The predicted octanol–water partition coefficient (Wildman–Crippen LogP) is 2.98. The van der Waals surface area contributed by atoms with Crippen LogP contribution in [0.15, 0.2) is 18.2 Å². The smallest absolute Gasteiger partial charge is 0.383 e. The van der Waals surface area contributed by atoms with E-state index < -0.39 is 29.0 Å². The normalized spacial score (nSPS) is 13.1. The Morgan fingerprint density at radius 3 is 2.65 bits per heavy atom. The molecule has 3 nitrogen and oxygen atoms in total. The average molecular weight is 358 g/mol. The zero-order chi connectivity index (χ0) is 15.3. The molecule has 0 radical (unpaired) electrons. The molecule has 1 aromatic carbocycles. The number of halogens is 5. The van der Waals surface area contributed by atoms with Crippen molar-refractivity contribution in [3.63, 3.8) is 0 Å². The van der Waals surface area contributed by atoms with Gasteiger partial charge in [-0.1, -0.05) is 15.9 Å². The first-order valence-corrected chi connectivity index (χ1v) is 6.45. The first-order chi connectivity index (χ1) is 9.25. The number of rotatable bonds is 5. The fraction of sp³-hybridized carbons (Fsp3) is 0.417. The maximum absolute atomic E-state index is 13.4. The fourth-order valence-corrected chi connectivity index (χ4v) is 1.84. The first kappa shape index (κ1) is 16.9. The summed E-state index contributed by atoms with van der Waals surface area (Å²) in [6.45, 7) is 0.397. The number of nitrogens with one attached hydrogen (secondary N) is 1. The highest BCUT2D eigenvalue weighted by Gasteiger charge is 2.31. The molecule has 0 aliphatic rings. The molecule has 1 atom stereocenters. The summed E-state index contributed by atoms with van der Waals surface area (Å²) in [6, 6.07) is 1.70. The lowest BCUT2D eigenvalue weighted by atomic mass is 10.1. The second kappa shape index (κ2) is 7.03. The van der Waals surface area contributed by atoms with Crippen LogP contribution in [0.25, 0.3) is 0 Å². The summed E-state index contributed by atoms with van der Waals surface area (Å²) in [5.41, 5.74) is -1.71. The quantitative estimate of drug-likeness (QED) is 0.649. The maximum Gasteiger partial charge on any atom is 0.416 e. The van der Waals surface area contributed by atoms with E-state index in [9.17, 15) is 22.4 Å². The molecule has 112 valence electrons. The summed E-state index contributed by atoms with van der Waals surface area (Å²) in [5, 5.41) is 2.33. The average Bonchev–Trinajstić information content (AvgIpc) is 2.35. The lowest BCUT2D eigenvalue weighted by molar-refractivity contribution is -0.137. The standard InChI is InChI=1S/C12H12BrF4NO2/c1-20-6-8(13)5-18-11(19)9-4-7(12(15,16)17)2-3-10(9)14/h2-4,8H,5-6H2,1H3,(H,18,19). The molecular formula is C12H12BrF4NO2. The monoisotopic (exact) mass is 357 g/mol. The summed E-state index contributed by atoms with van der Waals surface area (Å²) >= 11 is 3.19. The molecule has 0 bridgehead atoms. The summed E-state index contributed by atoms with van der Waals surface area (Å²) in [7, 11) is 1.46. The molecule has 0 saturated carbocycles. The van der Waals surface area contributed by atoms with Crippen molar-refractivity contribution < 1.29 is 27.1 Å². The molecule has 0 spiro atoms. The molecular weight excluding hydrogens is 346 g/mol. The van der Waals surface area contributed by atoms with Crippen LogP contribution in [0.1, 0.15) is 15.9 Å². The van der Waals surface area contributed by atoms with Crippen molar-refractivity contribution in [2.24, 2.45) is 0 Å². The van der Waals surface area contributed by atoms with Gasteiger partial charge in [-0.2, -0.15) is 13.2 Å². The number of carbonyl (C=O) groups excluding carboxylic acids is 1. The van der Waals surface area contributed by atoms with Crippen LogP contribution >= 0.6 is 15.9 Å². The van der Waals surface area contributed by atoms with Crippen molar-refractivity contribution in [3.8, 4) is 0 Å². The minimum Gasteiger partial charge on any atom is -0.383 e. The largest absolute Gasteiger partial charge is 0.416 e. The van der Waals surface area contributed by atoms with Crippen molar-refractivity contribution >= 4 is 21.8 Å². The van der Waals surface area contributed by atoms with Crippen LogP contribution in [0.3, 0.4) is 0 Å². The molecule has 0 aliphatic heterocycles. The number of benzene rings is 1. The Morgan fingerprint density at radius 1 is 1.45 bits per heavy atom. The lowest BCUT2D eigenvalue weighted by Gasteiger charge is -2.12. The number of ether oxygens (including phenoxy) is 1. The molecule has 0 heterocycles. The van der Waals surface area contributed by atoms with Crippen LogP contribution in [0, 0.1) is 5.82 Å². The van der Waals surface area contributed by atoms with Crippen molar-refractivity contribution in [1.29, 1.82) is 0 Å². The third-order valence-corrected chi connectivity index (χ3v) is 2.96. The summed E-state index contributed by atoms with van der Waals surface area (Å²) in [5.74, 6) is -1.91. The zero-order valence-corrected chi connectivity index (χ0v) is 12.0. The zero-order valence-electron chi connectivity index (χ0n) is 10.4. The third kappa shape index (κ3) is 4.75. The highest BCUT2D eigenvalue weighted by molar-refractivity contribution is 9.09. The van der Waals surface area contributed by atoms with Gasteiger partial charge < -0.3 is 10.1 Å². The van der Waals surface area contributed by atoms with E-state index in [0.29, 0.717) is 24.8 Å². The topological polar surface area (TPSA) is 38.3 Å². The molecule has 8 heteroatoms. The summed E-state index contributed by atoms with van der Waals surface area (Å²) in [4.78, 5) is 11.5. The number of methoxy groups -OCH3 is 1. The molecule has 0 fully saturated rings. The Morgan fingerprint density at radius 2 is 2.10 bits per heavy atom. The first-order valence-electron chi connectivity index (χ1n) is 5.53. The second-order valence-corrected chi connectivity index (χ2v) is 5.25. The maximum atomic E-state index is 13.4. The van der Waals surface area contributed by atoms with Crippen LogP contribution in [0.2, 0.25) is 0 Å². The van der Waals surface area contributed by atoms with Gasteiger partial charge in [0.1, 0.15) is 5.82 Å². The van der Waals surface area contributed by atoms with Crippen molar-refractivity contribution in [3.05, 3.63) is 35.1 Å². The molecule has 0 aromatic heterocycles. The number of alkyl halides is 4. The van der Waals surface area contributed by atoms with Gasteiger partial charge in [-0.3, -0.25) is 4.79 Å². The van der Waals surface area contributed by atoms with Gasteiger partial charge in [0.2, 0.25) is 0 Å². The molecule has 20 heavy (non-hydrogen) atoms. The van der Waals surface area contributed by atoms with Crippen molar-refractivity contribution in [2.75, 3.05) is 20.3 Å². The number of amides is 1. The second-order valence-electron chi connectivity index (χ2n) is 3.96.